The minimum Gasteiger partial charge on any atom is -0.444 e. The zero-order valence-electron chi connectivity index (χ0n) is 14.0. The van der Waals surface area contributed by atoms with Gasteiger partial charge in [0.25, 0.3) is 0 Å². The van der Waals surface area contributed by atoms with Gasteiger partial charge in [-0.1, -0.05) is 0 Å². The molecule has 1 rings (SSSR count). The van der Waals surface area contributed by atoms with Gasteiger partial charge in [0.1, 0.15) is 5.60 Å². The van der Waals surface area contributed by atoms with Crippen LogP contribution in [0.3, 0.4) is 0 Å². The molecule has 1 aromatic heterocycles. The molecule has 1 amide bonds. The summed E-state index contributed by atoms with van der Waals surface area (Å²) in [6.45, 7) is 12.1. The minimum atomic E-state index is -0.482. The van der Waals surface area contributed by atoms with Crippen molar-refractivity contribution in [2.24, 2.45) is 0 Å². The molecule has 120 valence electrons. The van der Waals surface area contributed by atoms with E-state index in [2.05, 4.69) is 40.7 Å². The lowest BCUT2D eigenvalue weighted by molar-refractivity contribution is 0.0522. The summed E-state index contributed by atoms with van der Waals surface area (Å²) in [7, 11) is 2.10. The van der Waals surface area contributed by atoms with E-state index in [-0.39, 0.29) is 0 Å². The second-order valence-corrected chi connectivity index (χ2v) is 6.51. The number of carbonyl (C=O) groups excluding carboxylic acids is 1. The molecule has 6 heteroatoms. The summed E-state index contributed by atoms with van der Waals surface area (Å²) in [5, 5.41) is 2.76. The van der Waals surface area contributed by atoms with Gasteiger partial charge in [-0.05, 0) is 41.7 Å². The highest BCUT2D eigenvalue weighted by Crippen LogP contribution is 2.07. The fraction of sp³-hybridized carbons (Fsp3) is 0.733. The normalized spacial score (nSPS) is 12.0. The molecule has 0 aliphatic carbocycles. The largest absolute Gasteiger partial charge is 0.444 e. The average molecular weight is 296 g/mol. The number of rotatable bonds is 6. The van der Waals surface area contributed by atoms with Crippen LogP contribution >= 0.6 is 0 Å². The maximum Gasteiger partial charge on any atom is 0.407 e. The van der Waals surface area contributed by atoms with Crippen LogP contribution in [0.1, 0.15) is 40.3 Å². The fourth-order valence-electron chi connectivity index (χ4n) is 1.70. The summed E-state index contributed by atoms with van der Waals surface area (Å²) in [6, 6.07) is 0.511. The first-order valence-corrected chi connectivity index (χ1v) is 7.35. The highest BCUT2D eigenvalue weighted by Gasteiger charge is 2.16. The van der Waals surface area contributed by atoms with Gasteiger partial charge in [0.05, 0.1) is 18.6 Å². The molecule has 0 saturated heterocycles. The van der Waals surface area contributed by atoms with Gasteiger partial charge in [0.15, 0.2) is 0 Å². The molecule has 0 aromatic carbocycles. The Balaban J connectivity index is 2.47. The molecule has 1 aromatic rings. The molecule has 0 saturated carbocycles. The Hall–Kier alpha value is -1.56. The Kier molecular flexibility index (Phi) is 6.20. The molecule has 1 N–H and O–H groups in total. The minimum absolute atomic E-state index is 0.408. The first-order chi connectivity index (χ1) is 9.69. The lowest BCUT2D eigenvalue weighted by atomic mass is 10.2. The van der Waals surface area contributed by atoms with Crippen molar-refractivity contribution in [3.8, 4) is 0 Å². The monoisotopic (exact) mass is 296 g/mol. The molecule has 21 heavy (non-hydrogen) atoms. The number of alkyl carbamates (subject to hydrolysis) is 1. The Bertz CT molecular complexity index is 449. The highest BCUT2D eigenvalue weighted by atomic mass is 16.6. The fourth-order valence-corrected chi connectivity index (χ4v) is 1.70. The van der Waals surface area contributed by atoms with Crippen LogP contribution in [0.5, 0.6) is 0 Å². The number of amides is 1. The van der Waals surface area contributed by atoms with Crippen molar-refractivity contribution < 1.29 is 9.53 Å². The first kappa shape index (κ1) is 17.5. The maximum absolute atomic E-state index is 11.6. The average Bonchev–Trinajstić information content (AvgIpc) is 2.78. The van der Waals surface area contributed by atoms with E-state index in [0.29, 0.717) is 12.6 Å². The molecule has 6 nitrogen and oxygen atoms in total. The lowest BCUT2D eigenvalue weighted by Gasteiger charge is -2.22. The van der Waals surface area contributed by atoms with E-state index in [1.807, 2.05) is 20.8 Å². The number of nitrogens with one attached hydrogen (secondary N) is 1. The van der Waals surface area contributed by atoms with E-state index in [9.17, 15) is 4.79 Å². The molecule has 0 fully saturated rings. The van der Waals surface area contributed by atoms with Crippen LogP contribution < -0.4 is 5.32 Å². The van der Waals surface area contributed by atoms with Crippen molar-refractivity contribution in [1.82, 2.24) is 19.8 Å². The highest BCUT2D eigenvalue weighted by molar-refractivity contribution is 5.67. The van der Waals surface area contributed by atoms with Crippen LogP contribution in [-0.4, -0.2) is 45.8 Å². The van der Waals surface area contributed by atoms with Crippen molar-refractivity contribution >= 4 is 6.09 Å². The summed E-state index contributed by atoms with van der Waals surface area (Å²) < 4.78 is 7.27. The number of carbonyl (C=O) groups is 1. The van der Waals surface area contributed by atoms with Crippen LogP contribution in [0.15, 0.2) is 12.5 Å². The molecule has 0 radical (unpaired) electrons. The quantitative estimate of drug-likeness (QED) is 0.874. The van der Waals surface area contributed by atoms with E-state index >= 15 is 0 Å². The van der Waals surface area contributed by atoms with Crippen molar-refractivity contribution in [3.63, 3.8) is 0 Å². The van der Waals surface area contributed by atoms with Gasteiger partial charge in [-0.25, -0.2) is 9.78 Å². The predicted molar refractivity (Wildman–Crippen MR) is 83.1 cm³/mol. The summed E-state index contributed by atoms with van der Waals surface area (Å²) in [5.41, 5.74) is 0.489. The molecule has 0 atom stereocenters. The van der Waals surface area contributed by atoms with Gasteiger partial charge in [-0.3, -0.25) is 0 Å². The number of ether oxygens (including phenoxy) is 1. The van der Waals surface area contributed by atoms with Gasteiger partial charge in [0.2, 0.25) is 0 Å². The third-order valence-electron chi connectivity index (χ3n) is 3.19. The Morgan fingerprint density at radius 2 is 2.14 bits per heavy atom. The summed E-state index contributed by atoms with van der Waals surface area (Å²) >= 11 is 0. The van der Waals surface area contributed by atoms with Crippen molar-refractivity contribution in [2.45, 2.75) is 59.4 Å². The Morgan fingerprint density at radius 1 is 1.48 bits per heavy atom. The molecule has 0 bridgehead atoms. The lowest BCUT2D eigenvalue weighted by Crippen LogP contribution is -2.33. The zero-order chi connectivity index (χ0) is 16.0. The smallest absolute Gasteiger partial charge is 0.407 e. The van der Waals surface area contributed by atoms with E-state index in [4.69, 9.17) is 4.74 Å². The van der Waals surface area contributed by atoms with Gasteiger partial charge in [0, 0.05) is 25.3 Å². The van der Waals surface area contributed by atoms with E-state index in [0.717, 1.165) is 18.8 Å². The number of hydrogen-bond acceptors (Lipinski definition) is 4. The summed E-state index contributed by atoms with van der Waals surface area (Å²) in [4.78, 5) is 18.1. The summed E-state index contributed by atoms with van der Waals surface area (Å²) in [6.07, 6.45) is 3.15. The SMILES string of the molecule is CC(C)N(C)CCn1cncc1CNC(=O)OC(C)(C)C. The van der Waals surface area contributed by atoms with Crippen molar-refractivity contribution in [1.29, 1.82) is 0 Å². The third-order valence-corrected chi connectivity index (χ3v) is 3.19. The van der Waals surface area contributed by atoms with Gasteiger partial charge >= 0.3 is 6.09 Å². The molecule has 0 unspecified atom stereocenters. The van der Waals surface area contributed by atoms with Crippen LogP contribution in [0.2, 0.25) is 0 Å². The van der Waals surface area contributed by atoms with E-state index in [1.165, 1.54) is 0 Å². The molecule has 1 heterocycles. The van der Waals surface area contributed by atoms with E-state index in [1.54, 1.807) is 12.5 Å². The van der Waals surface area contributed by atoms with Gasteiger partial charge in [-0.15, -0.1) is 0 Å². The first-order valence-electron chi connectivity index (χ1n) is 7.35. The van der Waals surface area contributed by atoms with Crippen molar-refractivity contribution in [3.05, 3.63) is 18.2 Å². The van der Waals surface area contributed by atoms with Crippen molar-refractivity contribution in [2.75, 3.05) is 13.6 Å². The standard InChI is InChI=1S/C15H28N4O2/c1-12(2)18(6)7-8-19-11-16-9-13(19)10-17-14(20)21-15(3,4)5/h9,11-12H,7-8,10H2,1-6H3,(H,17,20). The number of hydrogen-bond donors (Lipinski definition) is 1. The number of imidazole rings is 1. The van der Waals surface area contributed by atoms with Crippen LogP contribution in [0.4, 0.5) is 4.79 Å². The Morgan fingerprint density at radius 3 is 2.71 bits per heavy atom. The number of aromatic nitrogens is 2. The number of nitrogens with zero attached hydrogens (tertiary/aromatic N) is 3. The second-order valence-electron chi connectivity index (χ2n) is 6.51. The second kappa shape index (κ2) is 7.45. The number of likely N-dealkylation sites (N-methyl/N-ethyl adjacent to an activating group) is 1. The Labute approximate surface area is 127 Å². The molecule has 0 aliphatic rings. The van der Waals surface area contributed by atoms with E-state index < -0.39 is 11.7 Å². The van der Waals surface area contributed by atoms with Crippen LogP contribution in [-0.2, 0) is 17.8 Å². The third kappa shape index (κ3) is 6.62. The zero-order valence-corrected chi connectivity index (χ0v) is 14.0. The van der Waals surface area contributed by atoms with Crippen LogP contribution in [0, 0.1) is 0 Å². The molecule has 0 spiro atoms. The topological polar surface area (TPSA) is 59.4 Å². The van der Waals surface area contributed by atoms with Crippen LogP contribution in [0.25, 0.3) is 0 Å². The summed E-state index contributed by atoms with van der Waals surface area (Å²) in [5.74, 6) is 0. The van der Waals surface area contributed by atoms with Gasteiger partial charge in [-0.2, -0.15) is 0 Å². The predicted octanol–water partition coefficient (Wildman–Crippen LogP) is 2.25. The van der Waals surface area contributed by atoms with Gasteiger partial charge < -0.3 is 19.5 Å². The molecular weight excluding hydrogens is 268 g/mol. The maximum atomic E-state index is 11.6. The molecular formula is C15H28N4O2. The molecule has 0 aliphatic heterocycles.